The summed E-state index contributed by atoms with van der Waals surface area (Å²) in [6, 6.07) is 3.94. The molecule has 0 aliphatic heterocycles. The maximum absolute atomic E-state index is 11.6. The van der Waals surface area contributed by atoms with Crippen molar-refractivity contribution in [3.8, 4) is 5.75 Å². The van der Waals surface area contributed by atoms with Gasteiger partial charge in [0.2, 0.25) is 5.91 Å². The van der Waals surface area contributed by atoms with Crippen LogP contribution in [0.1, 0.15) is 23.1 Å². The molecule has 1 N–H and O–H groups in total. The maximum Gasteiger partial charge on any atom is 0.312 e. The molecule has 0 fully saturated rings. The first-order valence-corrected chi connectivity index (χ1v) is 5.95. The fourth-order valence-corrected chi connectivity index (χ4v) is 2.06. The van der Waals surface area contributed by atoms with Crippen LogP contribution in [0, 0.1) is 13.8 Å². The van der Waals surface area contributed by atoms with Gasteiger partial charge in [0, 0.05) is 19.2 Å². The van der Waals surface area contributed by atoms with Gasteiger partial charge in [-0.1, -0.05) is 17.7 Å². The van der Waals surface area contributed by atoms with Crippen LogP contribution in [0.4, 0.5) is 0 Å². The number of ether oxygens (including phenoxy) is 1. The Labute approximate surface area is 112 Å². The van der Waals surface area contributed by atoms with Crippen LogP contribution in [0.15, 0.2) is 12.1 Å². The summed E-state index contributed by atoms with van der Waals surface area (Å²) in [6.07, 6.45) is -0.496. The molecule has 0 aromatic heterocycles. The van der Waals surface area contributed by atoms with Crippen LogP contribution in [0.2, 0.25) is 0 Å². The highest BCUT2D eigenvalue weighted by atomic mass is 16.5. The van der Waals surface area contributed by atoms with Gasteiger partial charge >= 0.3 is 5.97 Å². The fourth-order valence-electron chi connectivity index (χ4n) is 2.06. The number of rotatable bonds is 5. The maximum atomic E-state index is 11.6. The van der Waals surface area contributed by atoms with Gasteiger partial charge < -0.3 is 14.7 Å². The highest BCUT2D eigenvalue weighted by Crippen LogP contribution is 2.26. The lowest BCUT2D eigenvalue weighted by Gasteiger charge is -2.19. The smallest absolute Gasteiger partial charge is 0.312 e. The van der Waals surface area contributed by atoms with Crippen molar-refractivity contribution in [2.45, 2.75) is 26.8 Å². The van der Waals surface area contributed by atoms with Crippen molar-refractivity contribution in [2.75, 3.05) is 14.2 Å². The quantitative estimate of drug-likeness (QED) is 0.824. The molecule has 1 aromatic rings. The lowest BCUT2D eigenvalue weighted by Crippen LogP contribution is -2.28. The Hall–Kier alpha value is -2.04. The van der Waals surface area contributed by atoms with E-state index in [0.29, 0.717) is 6.54 Å². The predicted molar refractivity (Wildman–Crippen MR) is 71.2 cm³/mol. The number of hydrogen-bond acceptors (Lipinski definition) is 3. The van der Waals surface area contributed by atoms with E-state index in [4.69, 9.17) is 9.84 Å². The number of methoxy groups -OCH3 is 1. The summed E-state index contributed by atoms with van der Waals surface area (Å²) in [6.45, 7) is 4.24. The third-order valence-corrected chi connectivity index (χ3v) is 2.84. The van der Waals surface area contributed by atoms with Gasteiger partial charge in [0.05, 0.1) is 7.11 Å². The van der Waals surface area contributed by atoms with Crippen molar-refractivity contribution in [2.24, 2.45) is 0 Å². The van der Waals surface area contributed by atoms with Crippen LogP contribution in [0.25, 0.3) is 0 Å². The van der Waals surface area contributed by atoms with Crippen LogP contribution in [-0.4, -0.2) is 36.0 Å². The molecular formula is C14H19NO4. The number of benzene rings is 1. The van der Waals surface area contributed by atoms with Crippen molar-refractivity contribution in [3.63, 3.8) is 0 Å². The number of aliphatic carboxylic acids is 1. The van der Waals surface area contributed by atoms with E-state index in [9.17, 15) is 9.59 Å². The first kappa shape index (κ1) is 15.0. The second kappa shape index (κ2) is 6.22. The van der Waals surface area contributed by atoms with Crippen LogP contribution in [0.3, 0.4) is 0 Å². The highest BCUT2D eigenvalue weighted by molar-refractivity contribution is 5.93. The van der Waals surface area contributed by atoms with E-state index in [1.165, 1.54) is 4.90 Å². The number of aryl methyl sites for hydroxylation is 2. The number of carbonyl (C=O) groups excluding carboxylic acids is 1. The molecule has 0 spiro atoms. The SMILES string of the molecule is COc1c(C)cc(C)cc1CN(C)C(=O)CC(=O)O. The standard InChI is InChI=1S/C14H19NO4/c1-9-5-10(2)14(19-4)11(6-9)8-15(3)12(16)7-13(17)18/h5-6H,7-8H2,1-4H3,(H,17,18). The molecule has 0 saturated heterocycles. The minimum Gasteiger partial charge on any atom is -0.496 e. The summed E-state index contributed by atoms with van der Waals surface area (Å²) in [5.74, 6) is -0.807. The Morgan fingerprint density at radius 2 is 1.95 bits per heavy atom. The summed E-state index contributed by atoms with van der Waals surface area (Å²) >= 11 is 0. The molecule has 0 radical (unpaired) electrons. The number of amides is 1. The lowest BCUT2D eigenvalue weighted by atomic mass is 10.0. The second-order valence-corrected chi connectivity index (χ2v) is 4.59. The number of carbonyl (C=O) groups is 2. The average molecular weight is 265 g/mol. The number of nitrogens with zero attached hydrogens (tertiary/aromatic N) is 1. The Kier molecular flexibility index (Phi) is 4.92. The van der Waals surface area contributed by atoms with Gasteiger partial charge in [-0.2, -0.15) is 0 Å². The van der Waals surface area contributed by atoms with Gasteiger partial charge in [0.25, 0.3) is 0 Å². The average Bonchev–Trinajstić information content (AvgIpc) is 2.27. The molecule has 1 rings (SSSR count). The van der Waals surface area contributed by atoms with E-state index in [-0.39, 0.29) is 0 Å². The third-order valence-electron chi connectivity index (χ3n) is 2.84. The zero-order valence-corrected chi connectivity index (χ0v) is 11.7. The van der Waals surface area contributed by atoms with E-state index in [0.717, 1.165) is 22.4 Å². The zero-order valence-electron chi connectivity index (χ0n) is 11.7. The summed E-state index contributed by atoms with van der Waals surface area (Å²) in [7, 11) is 3.17. The van der Waals surface area contributed by atoms with Crippen LogP contribution >= 0.6 is 0 Å². The molecule has 104 valence electrons. The van der Waals surface area contributed by atoms with Gasteiger partial charge in [-0.05, 0) is 19.4 Å². The molecule has 0 aliphatic rings. The Balaban J connectivity index is 2.92. The van der Waals surface area contributed by atoms with E-state index in [1.807, 2.05) is 26.0 Å². The summed E-state index contributed by atoms with van der Waals surface area (Å²) in [5, 5.41) is 8.62. The summed E-state index contributed by atoms with van der Waals surface area (Å²) < 4.78 is 5.34. The molecule has 0 unspecified atom stereocenters. The van der Waals surface area contributed by atoms with Gasteiger partial charge in [-0.3, -0.25) is 9.59 Å². The minimum atomic E-state index is -1.12. The normalized spacial score (nSPS) is 10.1. The molecule has 0 atom stereocenters. The molecule has 5 nitrogen and oxygen atoms in total. The number of hydrogen-bond donors (Lipinski definition) is 1. The van der Waals surface area contributed by atoms with Crippen molar-refractivity contribution in [1.82, 2.24) is 4.90 Å². The van der Waals surface area contributed by atoms with E-state index in [1.54, 1.807) is 14.2 Å². The fraction of sp³-hybridized carbons (Fsp3) is 0.429. The van der Waals surface area contributed by atoms with Gasteiger partial charge in [-0.15, -0.1) is 0 Å². The third kappa shape index (κ3) is 3.98. The van der Waals surface area contributed by atoms with Gasteiger partial charge in [0.1, 0.15) is 12.2 Å². The van der Waals surface area contributed by atoms with E-state index in [2.05, 4.69) is 0 Å². The molecule has 0 aliphatic carbocycles. The zero-order chi connectivity index (χ0) is 14.6. The Morgan fingerprint density at radius 3 is 2.47 bits per heavy atom. The second-order valence-electron chi connectivity index (χ2n) is 4.59. The minimum absolute atomic E-state index is 0.331. The van der Waals surface area contributed by atoms with Crippen LogP contribution in [-0.2, 0) is 16.1 Å². The molecule has 1 aromatic carbocycles. The molecule has 1 amide bonds. The summed E-state index contributed by atoms with van der Waals surface area (Å²) in [4.78, 5) is 23.6. The summed E-state index contributed by atoms with van der Waals surface area (Å²) in [5.41, 5.74) is 2.95. The predicted octanol–water partition coefficient (Wildman–Crippen LogP) is 1.75. The first-order valence-electron chi connectivity index (χ1n) is 5.95. The van der Waals surface area contributed by atoms with Crippen molar-refractivity contribution in [1.29, 1.82) is 0 Å². The van der Waals surface area contributed by atoms with Gasteiger partial charge in [-0.25, -0.2) is 0 Å². The monoisotopic (exact) mass is 265 g/mol. The molecule has 0 saturated carbocycles. The van der Waals surface area contributed by atoms with Crippen LogP contribution in [0.5, 0.6) is 5.75 Å². The lowest BCUT2D eigenvalue weighted by molar-refractivity contribution is -0.143. The topological polar surface area (TPSA) is 66.8 Å². The Morgan fingerprint density at radius 1 is 1.32 bits per heavy atom. The molecular weight excluding hydrogens is 246 g/mol. The molecule has 0 heterocycles. The van der Waals surface area contributed by atoms with Crippen LogP contribution < -0.4 is 4.74 Å². The first-order chi connectivity index (χ1) is 8.85. The molecule has 5 heteroatoms. The molecule has 19 heavy (non-hydrogen) atoms. The van der Waals surface area contributed by atoms with E-state index < -0.39 is 18.3 Å². The van der Waals surface area contributed by atoms with Crippen molar-refractivity contribution < 1.29 is 19.4 Å². The number of carboxylic acid groups (broad SMARTS) is 1. The van der Waals surface area contributed by atoms with E-state index >= 15 is 0 Å². The number of carboxylic acids is 1. The largest absolute Gasteiger partial charge is 0.496 e. The van der Waals surface area contributed by atoms with Crippen molar-refractivity contribution in [3.05, 3.63) is 28.8 Å². The molecule has 0 bridgehead atoms. The van der Waals surface area contributed by atoms with Crippen molar-refractivity contribution >= 4 is 11.9 Å². The highest BCUT2D eigenvalue weighted by Gasteiger charge is 2.16. The van der Waals surface area contributed by atoms with Gasteiger partial charge in [0.15, 0.2) is 0 Å². The Bertz CT molecular complexity index is 496.